The van der Waals surface area contributed by atoms with E-state index in [1.807, 2.05) is 0 Å². The third-order valence-corrected chi connectivity index (χ3v) is 4.28. The van der Waals surface area contributed by atoms with Crippen LogP contribution >= 0.6 is 11.6 Å². The molecule has 0 heterocycles. The molecule has 0 amide bonds. The first kappa shape index (κ1) is 13.4. The summed E-state index contributed by atoms with van der Waals surface area (Å²) < 4.78 is 13.1. The summed E-state index contributed by atoms with van der Waals surface area (Å²) in [5.41, 5.74) is 0.672. The van der Waals surface area contributed by atoms with Gasteiger partial charge in [0.15, 0.2) is 0 Å². The zero-order chi connectivity index (χ0) is 13.2. The molecular weight excluding hydrogens is 249 g/mol. The van der Waals surface area contributed by atoms with Crippen molar-refractivity contribution < 1.29 is 4.39 Å². The summed E-state index contributed by atoms with van der Waals surface area (Å²) >= 11 is 5.79. The SMILES string of the molecule is CC1CCC(C#N)(Cc2ccc(F)c(Cl)c2)CC1. The Hall–Kier alpha value is -1.07. The summed E-state index contributed by atoms with van der Waals surface area (Å²) in [4.78, 5) is 0. The van der Waals surface area contributed by atoms with Crippen LogP contribution in [-0.4, -0.2) is 0 Å². The summed E-state index contributed by atoms with van der Waals surface area (Å²) in [7, 11) is 0. The Morgan fingerprint density at radius 3 is 2.67 bits per heavy atom. The van der Waals surface area contributed by atoms with E-state index in [1.165, 1.54) is 6.07 Å². The summed E-state index contributed by atoms with van der Waals surface area (Å²) in [6, 6.07) is 7.25. The van der Waals surface area contributed by atoms with Gasteiger partial charge in [-0.25, -0.2) is 4.39 Å². The average molecular weight is 266 g/mol. The van der Waals surface area contributed by atoms with E-state index in [9.17, 15) is 9.65 Å². The highest BCUT2D eigenvalue weighted by molar-refractivity contribution is 6.30. The van der Waals surface area contributed by atoms with Gasteiger partial charge in [-0.05, 0) is 55.7 Å². The lowest BCUT2D eigenvalue weighted by Gasteiger charge is -2.33. The van der Waals surface area contributed by atoms with Crippen molar-refractivity contribution in [2.75, 3.05) is 0 Å². The topological polar surface area (TPSA) is 23.8 Å². The number of benzene rings is 1. The van der Waals surface area contributed by atoms with Crippen LogP contribution in [-0.2, 0) is 6.42 Å². The monoisotopic (exact) mass is 265 g/mol. The molecule has 0 radical (unpaired) electrons. The van der Waals surface area contributed by atoms with Gasteiger partial charge in [-0.3, -0.25) is 0 Å². The second-order valence-corrected chi connectivity index (χ2v) is 5.91. The second-order valence-electron chi connectivity index (χ2n) is 5.50. The van der Waals surface area contributed by atoms with Gasteiger partial charge in [0.25, 0.3) is 0 Å². The number of hydrogen-bond acceptors (Lipinski definition) is 1. The lowest BCUT2D eigenvalue weighted by molar-refractivity contribution is 0.219. The van der Waals surface area contributed by atoms with Crippen LogP contribution in [0.4, 0.5) is 4.39 Å². The van der Waals surface area contributed by atoms with Crippen molar-refractivity contribution in [1.29, 1.82) is 5.26 Å². The number of halogens is 2. The van der Waals surface area contributed by atoms with E-state index in [1.54, 1.807) is 12.1 Å². The fourth-order valence-electron chi connectivity index (χ4n) is 2.68. The van der Waals surface area contributed by atoms with E-state index in [0.717, 1.165) is 31.2 Å². The number of nitriles is 1. The lowest BCUT2D eigenvalue weighted by atomic mass is 9.69. The summed E-state index contributed by atoms with van der Waals surface area (Å²) in [6.45, 7) is 2.23. The highest BCUT2D eigenvalue weighted by Gasteiger charge is 2.34. The van der Waals surface area contributed by atoms with Gasteiger partial charge in [0.1, 0.15) is 5.82 Å². The Balaban J connectivity index is 2.15. The van der Waals surface area contributed by atoms with E-state index in [-0.39, 0.29) is 10.4 Å². The molecule has 1 nitrogen and oxygen atoms in total. The molecule has 1 aromatic carbocycles. The van der Waals surface area contributed by atoms with Crippen LogP contribution in [0.5, 0.6) is 0 Å². The van der Waals surface area contributed by atoms with Crippen LogP contribution in [0.3, 0.4) is 0 Å². The first-order valence-electron chi connectivity index (χ1n) is 6.40. The zero-order valence-corrected chi connectivity index (χ0v) is 11.3. The predicted octanol–water partition coefficient (Wildman–Crippen LogP) is 4.74. The normalized spacial score (nSPS) is 27.8. The molecule has 1 saturated carbocycles. The van der Waals surface area contributed by atoms with Gasteiger partial charge >= 0.3 is 0 Å². The van der Waals surface area contributed by atoms with E-state index < -0.39 is 5.82 Å². The number of nitrogens with zero attached hydrogens (tertiary/aromatic N) is 1. The van der Waals surface area contributed by atoms with E-state index in [0.29, 0.717) is 12.3 Å². The maximum atomic E-state index is 13.1. The Labute approximate surface area is 113 Å². The molecule has 3 heteroatoms. The number of rotatable bonds is 2. The quantitative estimate of drug-likeness (QED) is 0.758. The highest BCUT2D eigenvalue weighted by Crippen LogP contribution is 2.41. The van der Waals surface area contributed by atoms with Crippen LogP contribution in [0.25, 0.3) is 0 Å². The van der Waals surface area contributed by atoms with Crippen molar-refractivity contribution in [3.8, 4) is 6.07 Å². The molecular formula is C15H17ClFN. The Bertz CT molecular complexity index is 470. The van der Waals surface area contributed by atoms with Crippen LogP contribution in [0.2, 0.25) is 5.02 Å². The van der Waals surface area contributed by atoms with Crippen molar-refractivity contribution in [3.05, 3.63) is 34.6 Å². The molecule has 0 aliphatic heterocycles. The van der Waals surface area contributed by atoms with Gasteiger partial charge in [-0.2, -0.15) is 5.26 Å². The number of hydrogen-bond donors (Lipinski definition) is 0. The van der Waals surface area contributed by atoms with Crippen LogP contribution < -0.4 is 0 Å². The zero-order valence-electron chi connectivity index (χ0n) is 10.5. The molecule has 96 valence electrons. The maximum Gasteiger partial charge on any atom is 0.141 e. The summed E-state index contributed by atoms with van der Waals surface area (Å²) in [5, 5.41) is 9.60. The molecule has 1 aromatic rings. The fourth-order valence-corrected chi connectivity index (χ4v) is 2.89. The standard InChI is InChI=1S/C15H17ClFN/c1-11-4-6-15(10-18,7-5-11)9-12-2-3-14(17)13(16)8-12/h2-3,8,11H,4-7,9H2,1H3. The molecule has 0 aromatic heterocycles. The lowest BCUT2D eigenvalue weighted by Crippen LogP contribution is -2.27. The molecule has 18 heavy (non-hydrogen) atoms. The molecule has 1 aliphatic rings. The third kappa shape index (κ3) is 2.84. The Morgan fingerprint density at radius 1 is 1.44 bits per heavy atom. The molecule has 0 saturated heterocycles. The van der Waals surface area contributed by atoms with Crippen molar-refractivity contribution >= 4 is 11.6 Å². The largest absolute Gasteiger partial charge is 0.205 e. The van der Waals surface area contributed by atoms with E-state index in [2.05, 4.69) is 13.0 Å². The van der Waals surface area contributed by atoms with Crippen molar-refractivity contribution in [2.24, 2.45) is 11.3 Å². The third-order valence-electron chi connectivity index (χ3n) is 4.00. The minimum Gasteiger partial charge on any atom is -0.205 e. The van der Waals surface area contributed by atoms with Crippen LogP contribution in [0, 0.1) is 28.5 Å². The van der Waals surface area contributed by atoms with Crippen molar-refractivity contribution in [1.82, 2.24) is 0 Å². The summed E-state index contributed by atoms with van der Waals surface area (Å²) in [6.07, 6.45) is 4.74. The maximum absolute atomic E-state index is 13.1. The predicted molar refractivity (Wildman–Crippen MR) is 70.8 cm³/mol. The van der Waals surface area contributed by atoms with Gasteiger partial charge in [0.05, 0.1) is 16.5 Å². The smallest absolute Gasteiger partial charge is 0.141 e. The van der Waals surface area contributed by atoms with Gasteiger partial charge < -0.3 is 0 Å². The molecule has 2 rings (SSSR count). The van der Waals surface area contributed by atoms with E-state index >= 15 is 0 Å². The summed E-state index contributed by atoms with van der Waals surface area (Å²) in [5.74, 6) is 0.312. The first-order chi connectivity index (χ1) is 8.54. The molecule has 1 aliphatic carbocycles. The average Bonchev–Trinajstić information content (AvgIpc) is 2.37. The van der Waals surface area contributed by atoms with Crippen molar-refractivity contribution in [2.45, 2.75) is 39.0 Å². The van der Waals surface area contributed by atoms with Crippen molar-refractivity contribution in [3.63, 3.8) is 0 Å². The highest BCUT2D eigenvalue weighted by atomic mass is 35.5. The fraction of sp³-hybridized carbons (Fsp3) is 0.533. The van der Waals surface area contributed by atoms with Gasteiger partial charge in [-0.1, -0.05) is 24.6 Å². The Kier molecular flexibility index (Phi) is 3.92. The molecule has 1 fully saturated rings. The minimum atomic E-state index is -0.399. The van der Waals surface area contributed by atoms with Crippen LogP contribution in [0.1, 0.15) is 38.2 Å². The molecule has 0 spiro atoms. The van der Waals surface area contributed by atoms with Gasteiger partial charge in [-0.15, -0.1) is 0 Å². The second kappa shape index (κ2) is 5.28. The van der Waals surface area contributed by atoms with Gasteiger partial charge in [0.2, 0.25) is 0 Å². The van der Waals surface area contributed by atoms with E-state index in [4.69, 9.17) is 11.6 Å². The van der Waals surface area contributed by atoms with Gasteiger partial charge in [0, 0.05) is 0 Å². The molecule has 0 unspecified atom stereocenters. The molecule has 0 atom stereocenters. The molecule has 0 bridgehead atoms. The first-order valence-corrected chi connectivity index (χ1v) is 6.78. The minimum absolute atomic E-state index is 0.143. The van der Waals surface area contributed by atoms with Crippen LogP contribution in [0.15, 0.2) is 18.2 Å². The Morgan fingerprint density at radius 2 is 2.11 bits per heavy atom. The molecule has 0 N–H and O–H groups in total.